The van der Waals surface area contributed by atoms with Crippen LogP contribution >= 0.6 is 0 Å². The van der Waals surface area contributed by atoms with Gasteiger partial charge in [0.25, 0.3) is 0 Å². The number of methoxy groups -OCH3 is 1. The zero-order valence-corrected chi connectivity index (χ0v) is 11.4. The quantitative estimate of drug-likeness (QED) is 0.831. The molecule has 18 heavy (non-hydrogen) atoms. The number of nitrogens with one attached hydrogen (secondary N) is 1. The zero-order chi connectivity index (χ0) is 13.6. The average molecular weight is 249 g/mol. The lowest BCUT2D eigenvalue weighted by Crippen LogP contribution is -2.12. The van der Waals surface area contributed by atoms with Crippen LogP contribution in [0.5, 0.6) is 0 Å². The summed E-state index contributed by atoms with van der Waals surface area (Å²) in [6.07, 6.45) is 2.99. The highest BCUT2D eigenvalue weighted by Crippen LogP contribution is 2.63. The number of carbonyl (C=O) groups excluding carboxylic acids is 1. The SMILES string of the molecule is COC(=O)c1cnc(NC2C(C)(C)C2(C)C)cn1. The first-order valence-electron chi connectivity index (χ1n) is 5.97. The number of esters is 1. The number of anilines is 1. The Morgan fingerprint density at radius 3 is 2.22 bits per heavy atom. The molecule has 1 N–H and O–H groups in total. The maximum Gasteiger partial charge on any atom is 0.358 e. The minimum Gasteiger partial charge on any atom is -0.464 e. The van der Waals surface area contributed by atoms with Gasteiger partial charge in [0.2, 0.25) is 0 Å². The van der Waals surface area contributed by atoms with E-state index >= 15 is 0 Å². The van der Waals surface area contributed by atoms with E-state index in [1.54, 1.807) is 6.20 Å². The van der Waals surface area contributed by atoms with Crippen molar-refractivity contribution in [3.63, 3.8) is 0 Å². The van der Waals surface area contributed by atoms with E-state index in [4.69, 9.17) is 0 Å². The maximum absolute atomic E-state index is 11.2. The van der Waals surface area contributed by atoms with E-state index in [1.165, 1.54) is 13.3 Å². The number of aromatic nitrogens is 2. The summed E-state index contributed by atoms with van der Waals surface area (Å²) in [4.78, 5) is 19.4. The topological polar surface area (TPSA) is 64.1 Å². The average Bonchev–Trinajstić information content (AvgIpc) is 2.72. The molecule has 1 heterocycles. The maximum atomic E-state index is 11.2. The van der Waals surface area contributed by atoms with Crippen LogP contribution in [0.2, 0.25) is 0 Å². The van der Waals surface area contributed by atoms with Gasteiger partial charge in [0, 0.05) is 6.04 Å². The molecule has 1 aliphatic rings. The van der Waals surface area contributed by atoms with E-state index in [0.717, 1.165) is 0 Å². The van der Waals surface area contributed by atoms with Crippen molar-refractivity contribution in [1.29, 1.82) is 0 Å². The summed E-state index contributed by atoms with van der Waals surface area (Å²) in [5.41, 5.74) is 0.683. The zero-order valence-electron chi connectivity index (χ0n) is 11.4. The predicted octanol–water partition coefficient (Wildman–Crippen LogP) is 2.11. The van der Waals surface area contributed by atoms with Crippen LogP contribution in [-0.4, -0.2) is 29.1 Å². The van der Waals surface area contributed by atoms with Crippen LogP contribution in [0.25, 0.3) is 0 Å². The second-order valence-corrected chi connectivity index (χ2v) is 5.80. The van der Waals surface area contributed by atoms with Crippen LogP contribution in [0.1, 0.15) is 38.2 Å². The van der Waals surface area contributed by atoms with Gasteiger partial charge in [-0.2, -0.15) is 0 Å². The molecule has 5 nitrogen and oxygen atoms in total. The van der Waals surface area contributed by atoms with Crippen LogP contribution in [0.15, 0.2) is 12.4 Å². The fourth-order valence-corrected chi connectivity index (χ4v) is 2.32. The molecular weight excluding hydrogens is 230 g/mol. The van der Waals surface area contributed by atoms with Crippen molar-refractivity contribution in [1.82, 2.24) is 9.97 Å². The van der Waals surface area contributed by atoms with E-state index in [0.29, 0.717) is 11.9 Å². The highest BCUT2D eigenvalue weighted by Gasteiger charge is 2.65. The Hall–Kier alpha value is -1.65. The number of hydrogen-bond donors (Lipinski definition) is 1. The fraction of sp³-hybridized carbons (Fsp3) is 0.615. The number of hydrogen-bond acceptors (Lipinski definition) is 5. The van der Waals surface area contributed by atoms with Gasteiger partial charge in [-0.05, 0) is 10.8 Å². The molecule has 1 fully saturated rings. The first kappa shape index (κ1) is 12.8. The van der Waals surface area contributed by atoms with Crippen molar-refractivity contribution in [2.45, 2.75) is 33.7 Å². The second kappa shape index (κ2) is 3.93. The van der Waals surface area contributed by atoms with Crippen molar-refractivity contribution in [3.8, 4) is 0 Å². The van der Waals surface area contributed by atoms with Gasteiger partial charge in [-0.25, -0.2) is 14.8 Å². The standard InChI is InChI=1S/C13H19N3O2/c1-12(2)11(13(12,3)4)16-9-7-14-8(6-15-9)10(17)18-5/h6-7,11H,1-5H3,(H,15,16). The fourth-order valence-electron chi connectivity index (χ4n) is 2.32. The van der Waals surface area contributed by atoms with Gasteiger partial charge in [0.05, 0.1) is 19.5 Å². The molecule has 1 saturated carbocycles. The molecule has 0 spiro atoms. The summed E-state index contributed by atoms with van der Waals surface area (Å²) in [5, 5.41) is 3.35. The Balaban J connectivity index is 2.07. The molecular formula is C13H19N3O2. The highest BCUT2D eigenvalue weighted by molar-refractivity contribution is 5.86. The Kier molecular flexibility index (Phi) is 2.80. The predicted molar refractivity (Wildman–Crippen MR) is 68.3 cm³/mol. The van der Waals surface area contributed by atoms with E-state index in [-0.39, 0.29) is 16.5 Å². The summed E-state index contributed by atoms with van der Waals surface area (Å²) in [6, 6.07) is 0.364. The Bertz CT molecular complexity index is 452. The lowest BCUT2D eigenvalue weighted by atomic mass is 10.0. The van der Waals surface area contributed by atoms with Crippen LogP contribution in [0, 0.1) is 10.8 Å². The van der Waals surface area contributed by atoms with E-state index < -0.39 is 5.97 Å². The van der Waals surface area contributed by atoms with Gasteiger partial charge in [0.15, 0.2) is 5.69 Å². The van der Waals surface area contributed by atoms with Crippen LogP contribution in [-0.2, 0) is 4.74 Å². The van der Waals surface area contributed by atoms with Crippen molar-refractivity contribution >= 4 is 11.8 Å². The van der Waals surface area contributed by atoms with Crippen molar-refractivity contribution in [3.05, 3.63) is 18.1 Å². The molecule has 0 aliphatic heterocycles. The molecule has 5 heteroatoms. The van der Waals surface area contributed by atoms with Crippen LogP contribution in [0.4, 0.5) is 5.82 Å². The lowest BCUT2D eigenvalue weighted by Gasteiger charge is -2.07. The third-order valence-corrected chi connectivity index (χ3v) is 4.36. The smallest absolute Gasteiger partial charge is 0.358 e. The number of nitrogens with zero attached hydrogens (tertiary/aromatic N) is 2. The first-order chi connectivity index (χ1) is 8.30. The Labute approximate surface area is 107 Å². The minimum absolute atomic E-state index is 0.220. The summed E-state index contributed by atoms with van der Waals surface area (Å²) < 4.78 is 4.57. The summed E-state index contributed by atoms with van der Waals surface area (Å²) in [5.74, 6) is 0.215. The van der Waals surface area contributed by atoms with Gasteiger partial charge in [-0.1, -0.05) is 27.7 Å². The van der Waals surface area contributed by atoms with Crippen molar-refractivity contribution in [2.24, 2.45) is 10.8 Å². The largest absolute Gasteiger partial charge is 0.464 e. The van der Waals surface area contributed by atoms with Gasteiger partial charge in [-0.3, -0.25) is 0 Å². The molecule has 0 saturated heterocycles. The number of rotatable bonds is 3. The third kappa shape index (κ3) is 1.83. The molecule has 1 aromatic heterocycles. The van der Waals surface area contributed by atoms with Crippen molar-refractivity contribution in [2.75, 3.05) is 12.4 Å². The second-order valence-electron chi connectivity index (χ2n) is 5.80. The van der Waals surface area contributed by atoms with Gasteiger partial charge < -0.3 is 10.1 Å². The molecule has 1 aromatic rings. The molecule has 0 amide bonds. The molecule has 0 aromatic carbocycles. The molecule has 0 radical (unpaired) electrons. The minimum atomic E-state index is -0.471. The molecule has 1 aliphatic carbocycles. The van der Waals surface area contributed by atoms with Crippen LogP contribution < -0.4 is 5.32 Å². The summed E-state index contributed by atoms with van der Waals surface area (Å²) in [7, 11) is 1.32. The number of carbonyl (C=O) groups is 1. The monoisotopic (exact) mass is 249 g/mol. The van der Waals surface area contributed by atoms with Crippen molar-refractivity contribution < 1.29 is 9.53 Å². The van der Waals surface area contributed by atoms with Gasteiger partial charge in [-0.15, -0.1) is 0 Å². The summed E-state index contributed by atoms with van der Waals surface area (Å²) in [6.45, 7) is 8.89. The normalized spacial score (nSPS) is 20.3. The van der Waals surface area contributed by atoms with E-state index in [1.807, 2.05) is 0 Å². The lowest BCUT2D eigenvalue weighted by molar-refractivity contribution is 0.0593. The van der Waals surface area contributed by atoms with Crippen LogP contribution in [0.3, 0.4) is 0 Å². The Morgan fingerprint density at radius 2 is 1.83 bits per heavy atom. The molecule has 0 atom stereocenters. The first-order valence-corrected chi connectivity index (χ1v) is 5.97. The van der Waals surface area contributed by atoms with Gasteiger partial charge in [0.1, 0.15) is 5.82 Å². The Morgan fingerprint density at radius 1 is 1.22 bits per heavy atom. The van der Waals surface area contributed by atoms with Gasteiger partial charge >= 0.3 is 5.97 Å². The molecule has 0 unspecified atom stereocenters. The summed E-state index contributed by atoms with van der Waals surface area (Å²) >= 11 is 0. The molecule has 0 bridgehead atoms. The third-order valence-electron chi connectivity index (χ3n) is 4.36. The molecule has 98 valence electrons. The highest BCUT2D eigenvalue weighted by atomic mass is 16.5. The van der Waals surface area contributed by atoms with E-state index in [9.17, 15) is 4.79 Å². The number of ether oxygens (including phenoxy) is 1. The molecule has 2 rings (SSSR count). The van der Waals surface area contributed by atoms with E-state index in [2.05, 4.69) is 47.7 Å².